The summed E-state index contributed by atoms with van der Waals surface area (Å²) in [4.78, 5) is 8.70. The van der Waals surface area contributed by atoms with Gasteiger partial charge in [-0.3, -0.25) is 9.97 Å². The van der Waals surface area contributed by atoms with Crippen molar-refractivity contribution in [3.05, 3.63) is 51.7 Å². The second-order valence-corrected chi connectivity index (χ2v) is 7.13. The molecule has 0 radical (unpaired) electrons. The Balaban J connectivity index is 1.54. The first-order valence-corrected chi connectivity index (χ1v) is 9.20. The number of nitrogens with zero attached hydrogens (tertiary/aromatic N) is 2. The number of rotatable bonds is 4. The SMILES string of the molecule is OC(CNc1ccnc2cc(Br)cnc12)c1cc(Cl)c2c(c1)OCCO2. The zero-order valence-electron chi connectivity index (χ0n) is 13.6. The summed E-state index contributed by atoms with van der Waals surface area (Å²) in [6.07, 6.45) is 2.64. The van der Waals surface area contributed by atoms with Crippen molar-refractivity contribution in [3.8, 4) is 11.5 Å². The molecular weight excluding hydrogens is 422 g/mol. The second kappa shape index (κ2) is 7.26. The highest BCUT2D eigenvalue weighted by molar-refractivity contribution is 9.10. The molecule has 1 aliphatic heterocycles. The molecule has 0 bridgehead atoms. The van der Waals surface area contributed by atoms with Gasteiger partial charge in [0.15, 0.2) is 11.5 Å². The normalized spacial score (nSPS) is 14.3. The van der Waals surface area contributed by atoms with Gasteiger partial charge in [0.2, 0.25) is 0 Å². The molecule has 6 nitrogen and oxygen atoms in total. The van der Waals surface area contributed by atoms with Crippen LogP contribution in [0.1, 0.15) is 11.7 Å². The van der Waals surface area contributed by atoms with E-state index in [1.54, 1.807) is 24.5 Å². The smallest absolute Gasteiger partial charge is 0.179 e. The van der Waals surface area contributed by atoms with Crippen molar-refractivity contribution in [1.82, 2.24) is 9.97 Å². The zero-order chi connectivity index (χ0) is 18.1. The molecule has 26 heavy (non-hydrogen) atoms. The van der Waals surface area contributed by atoms with Gasteiger partial charge in [0.1, 0.15) is 18.7 Å². The lowest BCUT2D eigenvalue weighted by Crippen LogP contribution is -2.17. The number of fused-ring (bicyclic) bond motifs is 2. The van der Waals surface area contributed by atoms with Crippen LogP contribution in [0.3, 0.4) is 0 Å². The number of anilines is 1. The lowest BCUT2D eigenvalue weighted by molar-refractivity contribution is 0.167. The Kier molecular flexibility index (Phi) is 4.84. The van der Waals surface area contributed by atoms with Gasteiger partial charge in [-0.15, -0.1) is 0 Å². The summed E-state index contributed by atoms with van der Waals surface area (Å²) >= 11 is 9.63. The van der Waals surface area contributed by atoms with Gasteiger partial charge in [-0.05, 0) is 45.8 Å². The minimum Gasteiger partial charge on any atom is -0.486 e. The Hall–Kier alpha value is -2.09. The van der Waals surface area contributed by atoms with E-state index in [0.29, 0.717) is 35.3 Å². The Bertz CT molecular complexity index is 970. The molecule has 3 aromatic rings. The first-order valence-electron chi connectivity index (χ1n) is 8.03. The number of ether oxygens (including phenoxy) is 2. The van der Waals surface area contributed by atoms with E-state index in [9.17, 15) is 5.11 Å². The van der Waals surface area contributed by atoms with Crippen LogP contribution < -0.4 is 14.8 Å². The van der Waals surface area contributed by atoms with Crippen molar-refractivity contribution >= 4 is 44.3 Å². The number of hydrogen-bond donors (Lipinski definition) is 2. The molecule has 134 valence electrons. The fourth-order valence-electron chi connectivity index (χ4n) is 2.80. The van der Waals surface area contributed by atoms with Crippen molar-refractivity contribution in [1.29, 1.82) is 0 Å². The van der Waals surface area contributed by atoms with Crippen LogP contribution >= 0.6 is 27.5 Å². The van der Waals surface area contributed by atoms with Crippen LogP contribution in [0, 0.1) is 0 Å². The van der Waals surface area contributed by atoms with Crippen molar-refractivity contribution in [2.24, 2.45) is 0 Å². The second-order valence-electron chi connectivity index (χ2n) is 5.80. The van der Waals surface area contributed by atoms with Crippen LogP contribution in [0.15, 0.2) is 41.1 Å². The number of halogens is 2. The van der Waals surface area contributed by atoms with E-state index < -0.39 is 6.10 Å². The minimum atomic E-state index is -0.776. The van der Waals surface area contributed by atoms with Crippen LogP contribution in [-0.4, -0.2) is 34.8 Å². The molecule has 1 aliphatic rings. The average molecular weight is 437 g/mol. The van der Waals surface area contributed by atoms with Crippen LogP contribution in [-0.2, 0) is 0 Å². The number of aliphatic hydroxyl groups is 1. The Morgan fingerprint density at radius 2 is 2.08 bits per heavy atom. The van der Waals surface area contributed by atoms with Gasteiger partial charge in [-0.2, -0.15) is 0 Å². The van der Waals surface area contributed by atoms with Crippen molar-refractivity contribution in [3.63, 3.8) is 0 Å². The maximum Gasteiger partial charge on any atom is 0.179 e. The van der Waals surface area contributed by atoms with Gasteiger partial charge in [0, 0.05) is 23.4 Å². The molecule has 0 saturated carbocycles. The zero-order valence-corrected chi connectivity index (χ0v) is 15.9. The molecule has 0 amide bonds. The lowest BCUT2D eigenvalue weighted by Gasteiger charge is -2.22. The van der Waals surface area contributed by atoms with E-state index in [1.807, 2.05) is 12.1 Å². The molecule has 4 rings (SSSR count). The van der Waals surface area contributed by atoms with Crippen molar-refractivity contribution in [2.45, 2.75) is 6.10 Å². The van der Waals surface area contributed by atoms with Gasteiger partial charge in [-0.1, -0.05) is 11.6 Å². The van der Waals surface area contributed by atoms with E-state index in [4.69, 9.17) is 21.1 Å². The summed E-state index contributed by atoms with van der Waals surface area (Å²) in [6, 6.07) is 7.17. The molecule has 3 heterocycles. The maximum atomic E-state index is 10.6. The number of benzene rings is 1. The summed E-state index contributed by atoms with van der Waals surface area (Å²) in [5, 5.41) is 14.2. The van der Waals surface area contributed by atoms with Crippen LogP contribution in [0.4, 0.5) is 5.69 Å². The number of hydrogen-bond acceptors (Lipinski definition) is 6. The summed E-state index contributed by atoms with van der Waals surface area (Å²) in [5.74, 6) is 1.08. The molecule has 1 atom stereocenters. The van der Waals surface area contributed by atoms with Crippen LogP contribution in [0.5, 0.6) is 11.5 Å². The number of nitrogens with one attached hydrogen (secondary N) is 1. The highest BCUT2D eigenvalue weighted by Gasteiger charge is 2.19. The van der Waals surface area contributed by atoms with Gasteiger partial charge in [-0.25, -0.2) is 0 Å². The Labute approximate surface area is 163 Å². The lowest BCUT2D eigenvalue weighted by atomic mass is 10.1. The Morgan fingerprint density at radius 1 is 1.23 bits per heavy atom. The third-order valence-electron chi connectivity index (χ3n) is 4.03. The largest absolute Gasteiger partial charge is 0.486 e. The minimum absolute atomic E-state index is 0.285. The van der Waals surface area contributed by atoms with E-state index in [-0.39, 0.29) is 6.54 Å². The average Bonchev–Trinajstić information content (AvgIpc) is 2.65. The molecule has 0 fully saturated rings. The molecule has 8 heteroatoms. The summed E-state index contributed by atoms with van der Waals surface area (Å²) < 4.78 is 11.9. The molecule has 0 aliphatic carbocycles. The van der Waals surface area contributed by atoms with Gasteiger partial charge in [0.05, 0.1) is 22.3 Å². The van der Waals surface area contributed by atoms with Gasteiger partial charge >= 0.3 is 0 Å². The number of pyridine rings is 2. The predicted octanol–water partition coefficient (Wildman–Crippen LogP) is 3.96. The van der Waals surface area contributed by atoms with Gasteiger partial charge < -0.3 is 19.9 Å². The monoisotopic (exact) mass is 435 g/mol. The quantitative estimate of drug-likeness (QED) is 0.645. The summed E-state index contributed by atoms with van der Waals surface area (Å²) in [6.45, 7) is 1.21. The summed E-state index contributed by atoms with van der Waals surface area (Å²) in [5.41, 5.74) is 2.95. The molecule has 0 spiro atoms. The van der Waals surface area contributed by atoms with E-state index in [0.717, 1.165) is 21.2 Å². The predicted molar refractivity (Wildman–Crippen MR) is 103 cm³/mol. The molecule has 1 aromatic carbocycles. The molecule has 2 N–H and O–H groups in total. The maximum absolute atomic E-state index is 10.6. The third-order valence-corrected chi connectivity index (χ3v) is 4.75. The van der Waals surface area contributed by atoms with Crippen LogP contribution in [0.2, 0.25) is 5.02 Å². The van der Waals surface area contributed by atoms with E-state index >= 15 is 0 Å². The molecule has 0 saturated heterocycles. The highest BCUT2D eigenvalue weighted by Crippen LogP contribution is 2.39. The first-order chi connectivity index (χ1) is 12.6. The van der Waals surface area contributed by atoms with Crippen LogP contribution in [0.25, 0.3) is 11.0 Å². The van der Waals surface area contributed by atoms with E-state index in [1.165, 1.54) is 0 Å². The standard InChI is InChI=1S/C18H15BrClN3O3/c19-11-7-14-17(23-8-11)13(1-2-21-14)22-9-15(24)10-5-12(20)18-16(6-10)25-3-4-26-18/h1-2,5-8,15,24H,3-4,9H2,(H,21,22). The fourth-order valence-corrected chi connectivity index (χ4v) is 3.39. The first kappa shape index (κ1) is 17.3. The third kappa shape index (κ3) is 3.42. The van der Waals surface area contributed by atoms with E-state index in [2.05, 4.69) is 31.2 Å². The topological polar surface area (TPSA) is 76.5 Å². The fraction of sp³-hybridized carbons (Fsp3) is 0.222. The molecule has 2 aromatic heterocycles. The molecule has 1 unspecified atom stereocenters. The van der Waals surface area contributed by atoms with Crippen molar-refractivity contribution in [2.75, 3.05) is 25.1 Å². The number of aliphatic hydroxyl groups excluding tert-OH is 1. The van der Waals surface area contributed by atoms with Crippen molar-refractivity contribution < 1.29 is 14.6 Å². The van der Waals surface area contributed by atoms with Gasteiger partial charge in [0.25, 0.3) is 0 Å². The summed E-state index contributed by atoms with van der Waals surface area (Å²) in [7, 11) is 0. The number of aromatic nitrogens is 2. The highest BCUT2D eigenvalue weighted by atomic mass is 79.9. The Morgan fingerprint density at radius 3 is 2.96 bits per heavy atom. The molecular formula is C18H15BrClN3O3.